The van der Waals surface area contributed by atoms with Crippen LogP contribution in [0.25, 0.3) is 0 Å². The zero-order valence-corrected chi connectivity index (χ0v) is 52.5. The topological polar surface area (TPSA) is 229 Å². The normalized spacial score (nSPS) is 12.3. The van der Waals surface area contributed by atoms with Crippen LogP contribution in [0.4, 0.5) is 0 Å². The number of hydrogen-bond donors (Lipinski definition) is 3. The van der Waals surface area contributed by atoms with Gasteiger partial charge in [-0.3, -0.25) is 47.9 Å². The lowest BCUT2D eigenvalue weighted by Gasteiger charge is -2.26. The van der Waals surface area contributed by atoms with Gasteiger partial charge in [0.15, 0.2) is 11.6 Å². The Bertz CT molecular complexity index is 1810. The van der Waals surface area contributed by atoms with Gasteiger partial charge in [-0.15, -0.1) is 0 Å². The number of amides is 7. The number of nitrogens with one attached hydrogen (secondary N) is 3. The number of Topliss-reactive ketones (excluding diaryl/α,β-unsaturated/α-hetero) is 2. The Morgan fingerprint density at radius 1 is 0.481 bits per heavy atom. The van der Waals surface area contributed by atoms with Gasteiger partial charge in [0.1, 0.15) is 6.61 Å². The third-order valence-corrected chi connectivity index (χ3v) is 16.6. The first-order chi connectivity index (χ1) is 37.5. The molecule has 1 unspecified atom stereocenters. The van der Waals surface area contributed by atoms with E-state index in [0.29, 0.717) is 63.5 Å². The van der Waals surface area contributed by atoms with Crippen molar-refractivity contribution < 1.29 is 52.7 Å². The molecule has 0 aromatic carbocycles. The molecule has 0 saturated carbocycles. The lowest BCUT2D eigenvalue weighted by Crippen LogP contribution is -2.44. The van der Waals surface area contributed by atoms with Crippen molar-refractivity contribution in [2.24, 2.45) is 23.7 Å². The van der Waals surface area contributed by atoms with E-state index in [1.165, 1.54) is 112 Å². The average molecular weight is 1150 g/mol. The first-order valence-electron chi connectivity index (χ1n) is 29.7. The van der Waals surface area contributed by atoms with E-state index in [4.69, 9.17) is 4.74 Å². The summed E-state index contributed by atoms with van der Waals surface area (Å²) >= 11 is 0. The maximum absolute atomic E-state index is 14.0. The first kappa shape index (κ1) is 74.8. The smallest absolute Gasteiger partial charge is 0.308 e. The second-order valence-corrected chi connectivity index (χ2v) is 25.3. The van der Waals surface area contributed by atoms with Gasteiger partial charge >= 0.3 is 5.97 Å². The molecule has 7 amide bonds. The minimum atomic E-state index is -0.857. The largest absolute Gasteiger partial charge is 0.465 e. The predicted octanol–water partition coefficient (Wildman–Crippen LogP) is 8.57. The number of carbonyl (C=O) groups excluding carboxylic acids is 10. The van der Waals surface area contributed by atoms with Gasteiger partial charge < -0.3 is 40.3 Å². The molecular weight excluding hydrogens is 1050 g/mol. The summed E-state index contributed by atoms with van der Waals surface area (Å²) < 4.78 is 5.21. The van der Waals surface area contributed by atoms with Crippen LogP contribution in [0, 0.1) is 23.7 Å². The van der Waals surface area contributed by atoms with Crippen molar-refractivity contribution in [3.63, 3.8) is 0 Å². The molecule has 0 aliphatic heterocycles. The lowest BCUT2D eigenvalue weighted by molar-refractivity contribution is -0.146. The van der Waals surface area contributed by atoms with Gasteiger partial charge in [0.25, 0.3) is 0 Å². The highest BCUT2D eigenvalue weighted by Crippen LogP contribution is 2.29. The van der Waals surface area contributed by atoms with Gasteiger partial charge in [-0.25, -0.2) is 0 Å². The summed E-state index contributed by atoms with van der Waals surface area (Å²) in [5.74, 6) is -3.59. The highest BCUT2D eigenvalue weighted by Gasteiger charge is 2.29. The summed E-state index contributed by atoms with van der Waals surface area (Å²) in [6, 6.07) is 0. The van der Waals surface area contributed by atoms with Crippen LogP contribution >= 0.6 is 21.6 Å². The Balaban J connectivity index is 5.23. The first-order valence-corrected chi connectivity index (χ1v) is 32.1. The van der Waals surface area contributed by atoms with E-state index < -0.39 is 35.3 Å². The van der Waals surface area contributed by atoms with Crippen LogP contribution in [-0.4, -0.2) is 170 Å². The van der Waals surface area contributed by atoms with E-state index in [1.54, 1.807) is 42.4 Å². The molecule has 0 aliphatic carbocycles. The molecular formula is C59H107N7O11S2. The van der Waals surface area contributed by atoms with Crippen LogP contribution in [0.1, 0.15) is 203 Å². The van der Waals surface area contributed by atoms with Crippen molar-refractivity contribution in [2.45, 2.75) is 208 Å². The zero-order chi connectivity index (χ0) is 59.5. The maximum Gasteiger partial charge on any atom is 0.308 e. The Kier molecular flexibility index (Phi) is 43.9. The van der Waals surface area contributed by atoms with E-state index in [0.717, 1.165) is 32.1 Å². The molecule has 0 saturated heterocycles. The van der Waals surface area contributed by atoms with Crippen molar-refractivity contribution in [2.75, 3.05) is 86.4 Å². The van der Waals surface area contributed by atoms with E-state index in [2.05, 4.69) is 36.7 Å². The monoisotopic (exact) mass is 1150 g/mol. The summed E-state index contributed by atoms with van der Waals surface area (Å²) in [6.07, 6.45) is 20.0. The van der Waals surface area contributed by atoms with Crippen molar-refractivity contribution in [1.82, 2.24) is 35.6 Å². The lowest BCUT2D eigenvalue weighted by atomic mass is 9.94. The number of ketones is 2. The average Bonchev–Trinajstić information content (AvgIpc) is 3.39. The van der Waals surface area contributed by atoms with Crippen LogP contribution in [0.5, 0.6) is 0 Å². The molecule has 0 rings (SSSR count). The summed E-state index contributed by atoms with van der Waals surface area (Å²) in [5, 5.41) is 8.79. The van der Waals surface area contributed by atoms with Crippen molar-refractivity contribution in [3.8, 4) is 0 Å². The summed E-state index contributed by atoms with van der Waals surface area (Å²) in [4.78, 5) is 134. The molecule has 18 nitrogen and oxygen atoms in total. The number of carbonyl (C=O) groups is 10. The molecule has 0 fully saturated rings. The minimum absolute atomic E-state index is 0.0154. The zero-order valence-electron chi connectivity index (χ0n) is 50.8. The van der Waals surface area contributed by atoms with Crippen molar-refractivity contribution in [3.05, 3.63) is 0 Å². The molecule has 0 aliphatic rings. The number of rotatable bonds is 49. The summed E-state index contributed by atoms with van der Waals surface area (Å²) in [7, 11) is 9.07. The Hall–Kier alpha value is -4.20. The van der Waals surface area contributed by atoms with Gasteiger partial charge in [-0.1, -0.05) is 154 Å². The summed E-state index contributed by atoms with van der Waals surface area (Å²) in [6.45, 7) is 13.9. The van der Waals surface area contributed by atoms with Gasteiger partial charge in [0.2, 0.25) is 41.4 Å². The molecule has 456 valence electrons. The van der Waals surface area contributed by atoms with Crippen molar-refractivity contribution in [1.29, 1.82) is 0 Å². The van der Waals surface area contributed by atoms with Gasteiger partial charge in [-0.05, 0) is 44.4 Å². The Morgan fingerprint density at radius 2 is 0.987 bits per heavy atom. The second-order valence-electron chi connectivity index (χ2n) is 22.4. The molecule has 0 spiro atoms. The summed E-state index contributed by atoms with van der Waals surface area (Å²) in [5.41, 5.74) is 0. The third-order valence-electron chi connectivity index (χ3n) is 13.7. The Morgan fingerprint density at radius 3 is 1.56 bits per heavy atom. The fourth-order valence-corrected chi connectivity index (χ4v) is 10.7. The van der Waals surface area contributed by atoms with Gasteiger partial charge in [0.05, 0.1) is 32.1 Å². The van der Waals surface area contributed by atoms with Gasteiger partial charge in [-0.2, -0.15) is 0 Å². The molecule has 0 radical (unpaired) electrons. The number of ether oxygens (including phenoxy) is 1. The molecule has 79 heavy (non-hydrogen) atoms. The fourth-order valence-electron chi connectivity index (χ4n) is 8.49. The third kappa shape index (κ3) is 40.6. The number of likely N-dealkylation sites (N-methyl/N-ethyl adjacent to an activating group) is 4. The minimum Gasteiger partial charge on any atom is -0.465 e. The molecule has 20 heteroatoms. The molecule has 0 aromatic heterocycles. The fraction of sp³-hybridized carbons (Fsp3) is 0.831. The van der Waals surface area contributed by atoms with Crippen LogP contribution in [0.3, 0.4) is 0 Å². The highest BCUT2D eigenvalue weighted by molar-refractivity contribution is 8.76. The molecule has 3 atom stereocenters. The van der Waals surface area contributed by atoms with Crippen LogP contribution in [-0.2, 0) is 52.7 Å². The second kappa shape index (κ2) is 46.4. The maximum atomic E-state index is 14.0. The highest BCUT2D eigenvalue weighted by atomic mass is 33.1. The standard InChI is InChI=1S/C59H107N7O11S2/c1-12-13-14-15-16-17-18-19-20-21-22-23-24-30-52(69)61-36-33-54(71)65(10)43-55(72)64(9)42-51(68)40-49(29-25-26-34-60-53(70)32-31-48(7)79-78-38-37-77-59(76)46(4)5)58(75)66(11)44-56(73)63(8)41-50(67)39-47(6)57(74)62-35-27-28-45(2)3/h45-49H,12-44H2,1-11H3,(H,60,70)(H,61,69)(H,62,74)/t47-,48?,49-/m1/s1. The number of unbranched alkanes of at least 4 members (excludes halogenated alkanes) is 13. The molecule has 0 heterocycles. The predicted molar refractivity (Wildman–Crippen MR) is 319 cm³/mol. The van der Waals surface area contributed by atoms with E-state index in [9.17, 15) is 47.9 Å². The van der Waals surface area contributed by atoms with E-state index in [-0.39, 0.29) is 105 Å². The van der Waals surface area contributed by atoms with Crippen molar-refractivity contribution >= 4 is 80.5 Å². The van der Waals surface area contributed by atoms with Crippen LogP contribution in [0.2, 0.25) is 0 Å². The van der Waals surface area contributed by atoms with E-state index >= 15 is 0 Å². The molecule has 3 N–H and O–H groups in total. The molecule has 0 bridgehead atoms. The Labute approximate surface area is 484 Å². The number of esters is 1. The number of nitrogens with zero attached hydrogens (tertiary/aromatic N) is 4. The number of hydrogen-bond acceptors (Lipinski definition) is 13. The van der Waals surface area contributed by atoms with Crippen LogP contribution < -0.4 is 16.0 Å². The molecule has 0 aromatic rings. The van der Waals surface area contributed by atoms with Crippen LogP contribution in [0.15, 0.2) is 0 Å². The quantitative estimate of drug-likeness (QED) is 0.0295. The van der Waals surface area contributed by atoms with E-state index in [1.807, 2.05) is 6.92 Å². The SMILES string of the molecule is CCCCCCCCCCCCCCCC(=O)NCCC(=O)N(C)CC(=O)N(C)CC(=O)C[C@@H](CCCCNC(=O)CCC(C)SSCCOC(=O)C(C)C)C(=O)N(C)CC(=O)N(C)CC(=O)C[C@@H](C)C(=O)NCCCC(C)C. The van der Waals surface area contributed by atoms with Gasteiger partial charge in [0, 0.05) is 103 Å².